The zero-order valence-electron chi connectivity index (χ0n) is 9.81. The van der Waals surface area contributed by atoms with E-state index in [1.807, 2.05) is 0 Å². The Morgan fingerprint density at radius 3 is 3.00 bits per heavy atom. The highest BCUT2D eigenvalue weighted by Gasteiger charge is 2.14. The summed E-state index contributed by atoms with van der Waals surface area (Å²) < 4.78 is 20.9. The summed E-state index contributed by atoms with van der Waals surface area (Å²) in [5.74, 6) is 0.674. The summed E-state index contributed by atoms with van der Waals surface area (Å²) >= 11 is 0. The Kier molecular flexibility index (Phi) is 4.17. The van der Waals surface area contributed by atoms with Gasteiger partial charge in [-0.1, -0.05) is 0 Å². The molecule has 5 heteroatoms. The Morgan fingerprint density at radius 1 is 1.47 bits per heavy atom. The zero-order valence-corrected chi connectivity index (χ0v) is 9.81. The first-order chi connectivity index (χ1) is 8.29. The molecule has 1 fully saturated rings. The van der Waals surface area contributed by atoms with Crippen LogP contribution in [0.5, 0.6) is 5.75 Å². The van der Waals surface area contributed by atoms with E-state index >= 15 is 0 Å². The van der Waals surface area contributed by atoms with Crippen molar-refractivity contribution in [2.45, 2.75) is 32.2 Å². The molecule has 17 heavy (non-hydrogen) atoms. The van der Waals surface area contributed by atoms with Crippen LogP contribution in [0.15, 0.2) is 21.5 Å². The average Bonchev–Trinajstić information content (AvgIpc) is 2.38. The van der Waals surface area contributed by atoms with Crippen LogP contribution in [0, 0.1) is 0 Å². The normalized spacial score (nSPS) is 20.2. The van der Waals surface area contributed by atoms with Gasteiger partial charge < -0.3 is 18.6 Å². The van der Waals surface area contributed by atoms with Crippen LogP contribution in [0.1, 0.15) is 25.0 Å². The molecule has 1 aromatic heterocycles. The number of ether oxygens (including phenoxy) is 3. The van der Waals surface area contributed by atoms with Crippen LogP contribution >= 0.6 is 0 Å². The van der Waals surface area contributed by atoms with Crippen molar-refractivity contribution in [3.8, 4) is 5.75 Å². The van der Waals surface area contributed by atoms with Crippen molar-refractivity contribution in [2.75, 3.05) is 13.7 Å². The minimum atomic E-state index is -0.207. The average molecular weight is 240 g/mol. The van der Waals surface area contributed by atoms with Gasteiger partial charge in [0.15, 0.2) is 6.29 Å². The van der Waals surface area contributed by atoms with E-state index in [9.17, 15) is 4.79 Å². The fourth-order valence-corrected chi connectivity index (χ4v) is 1.68. The highest BCUT2D eigenvalue weighted by Crippen LogP contribution is 2.15. The Labute approximate surface area is 99.3 Å². The predicted octanol–water partition coefficient (Wildman–Crippen LogP) is 1.69. The van der Waals surface area contributed by atoms with Crippen molar-refractivity contribution >= 4 is 0 Å². The number of hydrogen-bond donors (Lipinski definition) is 0. The van der Waals surface area contributed by atoms with Gasteiger partial charge in [0.25, 0.3) is 0 Å². The van der Waals surface area contributed by atoms with Crippen LogP contribution in [-0.4, -0.2) is 20.0 Å². The maximum atomic E-state index is 11.5. The standard InChI is InChI=1S/C12H16O5/c1-14-11-8-16-9(6-10(11)13)7-17-12-4-2-3-5-15-12/h6,8,12H,2-5,7H2,1H3. The monoisotopic (exact) mass is 240 g/mol. The van der Waals surface area contributed by atoms with E-state index in [4.69, 9.17) is 18.6 Å². The molecule has 0 amide bonds. The Bertz CT molecular complexity index is 406. The fraction of sp³-hybridized carbons (Fsp3) is 0.583. The second-order valence-corrected chi connectivity index (χ2v) is 3.89. The van der Waals surface area contributed by atoms with Gasteiger partial charge >= 0.3 is 0 Å². The Hall–Kier alpha value is -1.33. The van der Waals surface area contributed by atoms with Crippen LogP contribution in [-0.2, 0) is 16.1 Å². The molecule has 1 aliphatic rings. The third-order valence-electron chi connectivity index (χ3n) is 2.62. The summed E-state index contributed by atoms with van der Waals surface area (Å²) in [5.41, 5.74) is -0.207. The van der Waals surface area contributed by atoms with Crippen molar-refractivity contribution in [3.63, 3.8) is 0 Å². The fourth-order valence-electron chi connectivity index (χ4n) is 1.68. The van der Waals surface area contributed by atoms with Gasteiger partial charge in [-0.25, -0.2) is 0 Å². The summed E-state index contributed by atoms with van der Waals surface area (Å²) in [6.45, 7) is 0.973. The molecule has 0 saturated carbocycles. The second-order valence-electron chi connectivity index (χ2n) is 3.89. The molecule has 94 valence electrons. The SMILES string of the molecule is COc1coc(COC2CCCCO2)cc1=O. The van der Waals surface area contributed by atoms with E-state index in [0.717, 1.165) is 25.9 Å². The number of hydrogen-bond acceptors (Lipinski definition) is 5. The first-order valence-corrected chi connectivity index (χ1v) is 5.68. The molecule has 5 nitrogen and oxygen atoms in total. The molecule has 0 bridgehead atoms. The molecule has 1 atom stereocenters. The molecule has 0 spiro atoms. The third kappa shape index (κ3) is 3.31. The van der Waals surface area contributed by atoms with Crippen molar-refractivity contribution in [1.82, 2.24) is 0 Å². The highest BCUT2D eigenvalue weighted by atomic mass is 16.7. The molecular formula is C12H16O5. The van der Waals surface area contributed by atoms with Crippen molar-refractivity contribution in [3.05, 3.63) is 28.3 Å². The zero-order chi connectivity index (χ0) is 12.1. The van der Waals surface area contributed by atoms with E-state index in [2.05, 4.69) is 0 Å². The summed E-state index contributed by atoms with van der Waals surface area (Å²) in [7, 11) is 1.43. The molecule has 1 aromatic rings. The molecule has 2 rings (SSSR count). The number of rotatable bonds is 4. The Balaban J connectivity index is 1.90. The quantitative estimate of drug-likeness (QED) is 0.801. The maximum Gasteiger partial charge on any atom is 0.227 e. The molecule has 1 unspecified atom stereocenters. The van der Waals surface area contributed by atoms with Gasteiger partial charge in [0.05, 0.1) is 7.11 Å². The number of methoxy groups -OCH3 is 1. The largest absolute Gasteiger partial charge is 0.490 e. The summed E-state index contributed by atoms with van der Waals surface area (Å²) in [6, 6.07) is 1.38. The van der Waals surface area contributed by atoms with Gasteiger partial charge in [-0.05, 0) is 19.3 Å². The lowest BCUT2D eigenvalue weighted by Crippen LogP contribution is -2.22. The van der Waals surface area contributed by atoms with Crippen molar-refractivity contribution < 1.29 is 18.6 Å². The van der Waals surface area contributed by atoms with E-state index in [-0.39, 0.29) is 24.1 Å². The van der Waals surface area contributed by atoms with Gasteiger partial charge in [-0.3, -0.25) is 4.79 Å². The molecule has 2 heterocycles. The van der Waals surface area contributed by atoms with Gasteiger partial charge in [0.1, 0.15) is 18.6 Å². The molecule has 0 radical (unpaired) electrons. The molecule has 1 aliphatic heterocycles. The lowest BCUT2D eigenvalue weighted by molar-refractivity contribution is -0.171. The minimum Gasteiger partial charge on any atom is -0.490 e. The summed E-state index contributed by atoms with van der Waals surface area (Å²) in [6.07, 6.45) is 4.19. The molecule has 0 N–H and O–H groups in total. The van der Waals surface area contributed by atoms with Crippen LogP contribution in [0.3, 0.4) is 0 Å². The third-order valence-corrected chi connectivity index (χ3v) is 2.62. The maximum absolute atomic E-state index is 11.5. The van der Waals surface area contributed by atoms with E-state index < -0.39 is 0 Å². The molecule has 0 aliphatic carbocycles. The molecular weight excluding hydrogens is 224 g/mol. The molecule has 0 aromatic carbocycles. The van der Waals surface area contributed by atoms with Gasteiger partial charge in [-0.15, -0.1) is 0 Å². The lowest BCUT2D eigenvalue weighted by atomic mass is 10.2. The molecule has 1 saturated heterocycles. The van der Waals surface area contributed by atoms with Crippen LogP contribution in [0.4, 0.5) is 0 Å². The van der Waals surface area contributed by atoms with Gasteiger partial charge in [0.2, 0.25) is 11.2 Å². The predicted molar refractivity (Wildman–Crippen MR) is 59.9 cm³/mol. The van der Waals surface area contributed by atoms with Crippen molar-refractivity contribution in [2.24, 2.45) is 0 Å². The van der Waals surface area contributed by atoms with Gasteiger partial charge in [-0.2, -0.15) is 0 Å². The van der Waals surface area contributed by atoms with E-state index in [1.54, 1.807) is 0 Å². The first kappa shape index (κ1) is 12.1. The topological polar surface area (TPSA) is 57.9 Å². The Morgan fingerprint density at radius 2 is 2.35 bits per heavy atom. The van der Waals surface area contributed by atoms with Crippen LogP contribution < -0.4 is 10.2 Å². The van der Waals surface area contributed by atoms with E-state index in [0.29, 0.717) is 5.76 Å². The summed E-state index contributed by atoms with van der Waals surface area (Å²) in [5, 5.41) is 0. The summed E-state index contributed by atoms with van der Waals surface area (Å²) in [4.78, 5) is 11.5. The van der Waals surface area contributed by atoms with Crippen LogP contribution in [0.2, 0.25) is 0 Å². The van der Waals surface area contributed by atoms with Crippen molar-refractivity contribution in [1.29, 1.82) is 0 Å². The smallest absolute Gasteiger partial charge is 0.227 e. The van der Waals surface area contributed by atoms with Gasteiger partial charge in [0, 0.05) is 12.7 Å². The second kappa shape index (κ2) is 5.84. The van der Waals surface area contributed by atoms with E-state index in [1.165, 1.54) is 19.4 Å². The van der Waals surface area contributed by atoms with Crippen LogP contribution in [0.25, 0.3) is 0 Å². The highest BCUT2D eigenvalue weighted by molar-refractivity contribution is 5.16. The lowest BCUT2D eigenvalue weighted by Gasteiger charge is -2.22. The minimum absolute atomic E-state index is 0.184. The first-order valence-electron chi connectivity index (χ1n) is 5.68.